The van der Waals surface area contributed by atoms with Crippen molar-refractivity contribution in [2.45, 2.75) is 0 Å². The van der Waals surface area contributed by atoms with Gasteiger partial charge in [-0.05, 0) is 36.4 Å². The molecule has 3 aromatic rings. The lowest BCUT2D eigenvalue weighted by Gasteiger charge is -2.05. The molecule has 1 heterocycles. The van der Waals surface area contributed by atoms with E-state index in [0.29, 0.717) is 21.7 Å². The van der Waals surface area contributed by atoms with Gasteiger partial charge in [-0.3, -0.25) is 9.59 Å². The van der Waals surface area contributed by atoms with E-state index in [1.54, 1.807) is 48.5 Å². The Morgan fingerprint density at radius 1 is 1.05 bits per heavy atom. The van der Waals surface area contributed by atoms with E-state index in [-0.39, 0.29) is 11.2 Å². The Hall–Kier alpha value is -2.59. The van der Waals surface area contributed by atoms with Crippen LogP contribution in [0.15, 0.2) is 63.8 Å². The molecule has 0 bridgehead atoms. The van der Waals surface area contributed by atoms with Crippen molar-refractivity contribution in [2.24, 2.45) is 0 Å². The highest BCUT2D eigenvalue weighted by atomic mass is 35.5. The molecular formula is C16H10ClNO3. The molecule has 0 aliphatic rings. The first-order valence-electron chi connectivity index (χ1n) is 6.23. The molecule has 104 valence electrons. The second-order valence-electron chi connectivity index (χ2n) is 4.43. The van der Waals surface area contributed by atoms with Crippen molar-refractivity contribution >= 4 is 34.2 Å². The van der Waals surface area contributed by atoms with Crippen LogP contribution in [-0.2, 0) is 0 Å². The molecule has 1 aromatic heterocycles. The zero-order valence-electron chi connectivity index (χ0n) is 10.8. The first-order chi connectivity index (χ1) is 10.1. The van der Waals surface area contributed by atoms with E-state index in [0.717, 1.165) is 0 Å². The molecule has 1 amide bonds. The van der Waals surface area contributed by atoms with Crippen LogP contribution in [0, 0.1) is 0 Å². The summed E-state index contributed by atoms with van der Waals surface area (Å²) in [6.45, 7) is 0. The van der Waals surface area contributed by atoms with Gasteiger partial charge >= 0.3 is 0 Å². The highest BCUT2D eigenvalue weighted by Gasteiger charge is 2.12. The highest BCUT2D eigenvalue weighted by Crippen LogP contribution is 2.16. The maximum atomic E-state index is 12.1. The summed E-state index contributed by atoms with van der Waals surface area (Å²) in [6, 6.07) is 14.6. The Labute approximate surface area is 125 Å². The molecule has 0 spiro atoms. The minimum Gasteiger partial charge on any atom is -0.451 e. The normalized spacial score (nSPS) is 10.5. The first kappa shape index (κ1) is 13.4. The van der Waals surface area contributed by atoms with Crippen molar-refractivity contribution in [3.05, 3.63) is 75.6 Å². The van der Waals surface area contributed by atoms with Crippen LogP contribution in [0.5, 0.6) is 0 Å². The average Bonchev–Trinajstić information content (AvgIpc) is 2.49. The van der Waals surface area contributed by atoms with Crippen molar-refractivity contribution in [3.8, 4) is 0 Å². The van der Waals surface area contributed by atoms with Crippen LogP contribution in [-0.4, -0.2) is 5.91 Å². The molecule has 0 radical (unpaired) electrons. The molecule has 21 heavy (non-hydrogen) atoms. The number of para-hydroxylation sites is 1. The minimum atomic E-state index is -0.486. The van der Waals surface area contributed by atoms with Crippen molar-refractivity contribution in [1.29, 1.82) is 0 Å². The van der Waals surface area contributed by atoms with E-state index in [1.807, 2.05) is 0 Å². The lowest BCUT2D eigenvalue weighted by atomic mass is 10.2. The van der Waals surface area contributed by atoms with Crippen LogP contribution in [0.2, 0.25) is 5.02 Å². The Morgan fingerprint density at radius 3 is 2.52 bits per heavy atom. The molecular weight excluding hydrogens is 290 g/mol. The van der Waals surface area contributed by atoms with Crippen LogP contribution in [0.4, 0.5) is 5.69 Å². The lowest BCUT2D eigenvalue weighted by Crippen LogP contribution is -2.14. The number of anilines is 1. The fraction of sp³-hybridized carbons (Fsp3) is 0. The van der Waals surface area contributed by atoms with Crippen LogP contribution < -0.4 is 10.7 Å². The molecule has 4 nitrogen and oxygen atoms in total. The quantitative estimate of drug-likeness (QED) is 0.785. The van der Waals surface area contributed by atoms with Gasteiger partial charge in [0, 0.05) is 16.8 Å². The maximum absolute atomic E-state index is 12.1. The fourth-order valence-corrected chi connectivity index (χ4v) is 2.07. The molecule has 0 atom stereocenters. The summed E-state index contributed by atoms with van der Waals surface area (Å²) in [5.41, 5.74) is 0.699. The maximum Gasteiger partial charge on any atom is 0.291 e. The number of amides is 1. The molecule has 0 fully saturated rings. The molecule has 0 saturated carbocycles. The number of nitrogens with one attached hydrogen (secondary N) is 1. The van der Waals surface area contributed by atoms with Gasteiger partial charge in [-0.1, -0.05) is 23.7 Å². The largest absolute Gasteiger partial charge is 0.451 e. The van der Waals surface area contributed by atoms with E-state index < -0.39 is 5.91 Å². The molecule has 0 unspecified atom stereocenters. The van der Waals surface area contributed by atoms with Crippen molar-refractivity contribution in [1.82, 2.24) is 0 Å². The average molecular weight is 300 g/mol. The molecule has 5 heteroatoms. The van der Waals surface area contributed by atoms with Gasteiger partial charge < -0.3 is 9.73 Å². The summed E-state index contributed by atoms with van der Waals surface area (Å²) < 4.78 is 5.46. The molecule has 3 rings (SSSR count). The summed E-state index contributed by atoms with van der Waals surface area (Å²) in [5, 5.41) is 3.67. The summed E-state index contributed by atoms with van der Waals surface area (Å²) in [5.74, 6) is -0.520. The van der Waals surface area contributed by atoms with Gasteiger partial charge in [-0.2, -0.15) is 0 Å². The predicted molar refractivity (Wildman–Crippen MR) is 81.9 cm³/mol. The fourth-order valence-electron chi connectivity index (χ4n) is 1.94. The van der Waals surface area contributed by atoms with E-state index in [9.17, 15) is 9.59 Å². The Bertz CT molecular complexity index is 869. The third-order valence-electron chi connectivity index (χ3n) is 2.96. The molecule has 0 aliphatic heterocycles. The predicted octanol–water partition coefficient (Wildman–Crippen LogP) is 3.70. The Kier molecular flexibility index (Phi) is 3.46. The number of hydrogen-bond donors (Lipinski definition) is 1. The van der Waals surface area contributed by atoms with Crippen molar-refractivity contribution in [3.63, 3.8) is 0 Å². The standard InChI is InChI=1S/C16H10ClNO3/c17-10-5-7-11(8-6-10)18-16(20)15-9-13(19)12-3-1-2-4-14(12)21-15/h1-9H,(H,18,20). The van der Waals surface area contributed by atoms with Gasteiger partial charge in [0.15, 0.2) is 11.2 Å². The van der Waals surface area contributed by atoms with E-state index in [2.05, 4.69) is 5.32 Å². The molecule has 0 aliphatic carbocycles. The number of halogens is 1. The number of carbonyl (C=O) groups is 1. The van der Waals surface area contributed by atoms with Crippen LogP contribution in [0.1, 0.15) is 10.6 Å². The summed E-state index contributed by atoms with van der Waals surface area (Å²) in [6.07, 6.45) is 0. The number of rotatable bonds is 2. The molecule has 2 aromatic carbocycles. The Morgan fingerprint density at radius 2 is 1.76 bits per heavy atom. The SMILES string of the molecule is O=C(Nc1ccc(Cl)cc1)c1cc(=O)c2ccccc2o1. The Balaban J connectivity index is 1.94. The number of hydrogen-bond acceptors (Lipinski definition) is 3. The van der Waals surface area contributed by atoms with Crippen molar-refractivity contribution in [2.75, 3.05) is 5.32 Å². The second kappa shape index (κ2) is 5.42. The van der Waals surface area contributed by atoms with Crippen LogP contribution in [0.25, 0.3) is 11.0 Å². The van der Waals surface area contributed by atoms with Gasteiger partial charge in [-0.15, -0.1) is 0 Å². The van der Waals surface area contributed by atoms with E-state index >= 15 is 0 Å². The zero-order chi connectivity index (χ0) is 14.8. The number of carbonyl (C=O) groups excluding carboxylic acids is 1. The topological polar surface area (TPSA) is 59.3 Å². The monoisotopic (exact) mass is 299 g/mol. The van der Waals surface area contributed by atoms with Crippen LogP contribution in [0.3, 0.4) is 0 Å². The first-order valence-corrected chi connectivity index (χ1v) is 6.61. The molecule has 0 saturated heterocycles. The number of benzene rings is 2. The van der Waals surface area contributed by atoms with Crippen LogP contribution >= 0.6 is 11.6 Å². The third kappa shape index (κ3) is 2.80. The summed E-state index contributed by atoms with van der Waals surface area (Å²) in [4.78, 5) is 24.1. The van der Waals surface area contributed by atoms with Gasteiger partial charge in [-0.25, -0.2) is 0 Å². The zero-order valence-corrected chi connectivity index (χ0v) is 11.6. The summed E-state index contributed by atoms with van der Waals surface area (Å²) >= 11 is 5.78. The second-order valence-corrected chi connectivity index (χ2v) is 4.87. The van der Waals surface area contributed by atoms with Crippen molar-refractivity contribution < 1.29 is 9.21 Å². The number of fused-ring (bicyclic) bond motifs is 1. The lowest BCUT2D eigenvalue weighted by molar-refractivity contribution is 0.0997. The van der Waals surface area contributed by atoms with Gasteiger partial charge in [0.25, 0.3) is 5.91 Å². The minimum absolute atomic E-state index is 0.0337. The van der Waals surface area contributed by atoms with E-state index in [1.165, 1.54) is 6.07 Å². The highest BCUT2D eigenvalue weighted by molar-refractivity contribution is 6.30. The van der Waals surface area contributed by atoms with Gasteiger partial charge in [0.2, 0.25) is 0 Å². The smallest absolute Gasteiger partial charge is 0.291 e. The summed E-state index contributed by atoms with van der Waals surface area (Å²) in [7, 11) is 0. The molecule has 1 N–H and O–H groups in total. The van der Waals surface area contributed by atoms with Gasteiger partial charge in [0.05, 0.1) is 5.39 Å². The van der Waals surface area contributed by atoms with Gasteiger partial charge in [0.1, 0.15) is 5.58 Å². The van der Waals surface area contributed by atoms with E-state index in [4.69, 9.17) is 16.0 Å². The third-order valence-corrected chi connectivity index (χ3v) is 3.21.